The molecule has 1 atom stereocenters. The fourth-order valence-corrected chi connectivity index (χ4v) is 11.0. The first-order valence-corrected chi connectivity index (χ1v) is 14.8. The highest BCUT2D eigenvalue weighted by atomic mass is 35.5. The lowest BCUT2D eigenvalue weighted by Crippen LogP contribution is -3.10. The van der Waals surface area contributed by atoms with Crippen LogP contribution in [0, 0.1) is 63.4 Å². The number of carbonyl (C=O) groups is 2. The normalized spacial score (nSPS) is 39.0. The number of nitrogens with one attached hydrogen (secondary N) is 1. The molecule has 0 amide bonds. The summed E-state index contributed by atoms with van der Waals surface area (Å²) in [7, 11) is 0. The van der Waals surface area contributed by atoms with Gasteiger partial charge in [-0.1, -0.05) is 17.7 Å². The molecular formula is C29H26ClF2N3O4S. The molecule has 7 aliphatic rings. The fourth-order valence-electron chi connectivity index (χ4n) is 10.2. The molecule has 0 radical (unpaired) electrons. The second kappa shape index (κ2) is 7.50. The fraction of sp³-hybridized carbons (Fsp3) is 0.517. The van der Waals surface area contributed by atoms with Gasteiger partial charge in [0.25, 0.3) is 0 Å². The van der Waals surface area contributed by atoms with E-state index in [0.29, 0.717) is 52.8 Å². The average Bonchev–Trinajstić information content (AvgIpc) is 3.47. The monoisotopic (exact) mass is 585 g/mol. The zero-order chi connectivity index (χ0) is 28.1. The molecule has 208 valence electrons. The molecule has 6 saturated carbocycles. The number of aliphatic imine (C=N–C) groups is 1. The first kappa shape index (κ1) is 24.9. The molecule has 7 nitrogen and oxygen atoms in total. The van der Waals surface area contributed by atoms with Crippen molar-refractivity contribution in [3.05, 3.63) is 62.2 Å². The molecular weight excluding hydrogens is 560 g/mol. The maximum Gasteiger partial charge on any atom is 0.338 e. The lowest BCUT2D eigenvalue weighted by atomic mass is 8.91. The molecule has 0 saturated heterocycles. The number of aromatic nitrogens is 1. The molecule has 2 N–H and O–H groups in total. The van der Waals surface area contributed by atoms with E-state index in [9.17, 15) is 23.5 Å². The number of amidine groups is 1. The van der Waals surface area contributed by atoms with Crippen molar-refractivity contribution in [2.75, 3.05) is 6.61 Å². The Morgan fingerprint density at radius 3 is 2.42 bits per heavy atom. The predicted molar refractivity (Wildman–Crippen MR) is 141 cm³/mol. The van der Waals surface area contributed by atoms with Crippen LogP contribution < -0.4 is 5.32 Å². The SMILES string of the molecule is CCOC(=O)C1=C(C23C4C5C2C2C3C4C52CC(C)(C)C(=O)O)NC(c2nccs2)=N[C@@H]1c1ccc(F)c(F)c1Cl. The van der Waals surface area contributed by atoms with E-state index < -0.39 is 40.1 Å². The highest BCUT2D eigenvalue weighted by Crippen LogP contribution is 3.12. The summed E-state index contributed by atoms with van der Waals surface area (Å²) in [5, 5.41) is 15.3. The Bertz CT molecular complexity index is 1550. The third kappa shape index (κ3) is 2.42. The van der Waals surface area contributed by atoms with Crippen LogP contribution in [0.25, 0.3) is 0 Å². The minimum absolute atomic E-state index is 0.0952. The zero-order valence-corrected chi connectivity index (χ0v) is 23.4. The molecule has 2 aromatic rings. The number of aliphatic carboxylic acids is 1. The first-order valence-electron chi connectivity index (χ1n) is 13.6. The van der Waals surface area contributed by atoms with Gasteiger partial charge in [-0.15, -0.1) is 11.3 Å². The van der Waals surface area contributed by atoms with Crippen LogP contribution in [0.2, 0.25) is 5.02 Å². The Hall–Kier alpha value is -2.85. The van der Waals surface area contributed by atoms with Gasteiger partial charge in [-0.25, -0.2) is 18.6 Å². The Morgan fingerprint density at radius 2 is 1.85 bits per heavy atom. The average molecular weight is 586 g/mol. The number of rotatable bonds is 8. The number of nitrogens with zero attached hydrogens (tertiary/aromatic N) is 2. The number of hydrogen-bond donors (Lipinski definition) is 2. The lowest BCUT2D eigenvalue weighted by molar-refractivity contribution is -0.651. The zero-order valence-electron chi connectivity index (χ0n) is 21.9. The maximum absolute atomic E-state index is 14.7. The van der Waals surface area contributed by atoms with Crippen molar-refractivity contribution < 1.29 is 28.2 Å². The van der Waals surface area contributed by atoms with Crippen molar-refractivity contribution in [2.24, 2.45) is 56.7 Å². The van der Waals surface area contributed by atoms with Gasteiger partial charge in [0.05, 0.1) is 22.6 Å². The topological polar surface area (TPSA) is 101 Å². The van der Waals surface area contributed by atoms with E-state index in [4.69, 9.17) is 21.3 Å². The first-order chi connectivity index (χ1) is 19.0. The van der Waals surface area contributed by atoms with Gasteiger partial charge < -0.3 is 15.2 Å². The second-order valence-electron chi connectivity index (χ2n) is 12.7. The molecule has 0 bridgehead atoms. The Balaban J connectivity index is 1.24. The van der Waals surface area contributed by atoms with Crippen LogP contribution in [0.1, 0.15) is 43.8 Å². The highest BCUT2D eigenvalue weighted by molar-refractivity contribution is 7.11. The van der Waals surface area contributed by atoms with Gasteiger partial charge in [-0.2, -0.15) is 0 Å². The summed E-state index contributed by atoms with van der Waals surface area (Å²) in [6, 6.07) is 1.37. The number of carboxylic acids is 1. The van der Waals surface area contributed by atoms with Gasteiger partial charge >= 0.3 is 11.9 Å². The number of carboxylic acid groups (broad SMARTS) is 1. The van der Waals surface area contributed by atoms with E-state index >= 15 is 0 Å². The molecule has 0 unspecified atom stereocenters. The summed E-state index contributed by atoms with van der Waals surface area (Å²) in [5.41, 5.74) is 0.270. The van der Waals surface area contributed by atoms with Crippen molar-refractivity contribution in [2.45, 2.75) is 33.2 Å². The molecule has 11 heteroatoms. The van der Waals surface area contributed by atoms with Gasteiger partial charge in [0.15, 0.2) is 22.5 Å². The van der Waals surface area contributed by atoms with Crippen molar-refractivity contribution in [1.82, 2.24) is 10.3 Å². The number of esters is 1. The van der Waals surface area contributed by atoms with E-state index in [1.54, 1.807) is 13.1 Å². The summed E-state index contributed by atoms with van der Waals surface area (Å²) >= 11 is 7.72. The van der Waals surface area contributed by atoms with Gasteiger partial charge in [-0.05, 0) is 74.2 Å². The summed E-state index contributed by atoms with van der Waals surface area (Å²) in [5.74, 6) is -0.774. The summed E-state index contributed by atoms with van der Waals surface area (Å²) in [6.07, 6.45) is 2.33. The van der Waals surface area contributed by atoms with Crippen LogP contribution in [0.15, 0.2) is 40.0 Å². The minimum atomic E-state index is -1.19. The highest BCUT2D eigenvalue weighted by Gasteiger charge is 3.10. The molecule has 1 aromatic carbocycles. The van der Waals surface area contributed by atoms with Crippen LogP contribution in [0.5, 0.6) is 0 Å². The molecule has 1 aromatic heterocycles. The second-order valence-corrected chi connectivity index (χ2v) is 14.0. The van der Waals surface area contributed by atoms with Gasteiger partial charge in [0.2, 0.25) is 0 Å². The van der Waals surface area contributed by atoms with E-state index in [1.165, 1.54) is 17.4 Å². The smallest absolute Gasteiger partial charge is 0.338 e. The third-order valence-corrected chi connectivity index (χ3v) is 12.3. The molecule has 6 aliphatic carbocycles. The predicted octanol–water partition coefficient (Wildman–Crippen LogP) is 5.22. The quantitative estimate of drug-likeness (QED) is 0.325. The van der Waals surface area contributed by atoms with Crippen LogP contribution >= 0.6 is 22.9 Å². The molecule has 40 heavy (non-hydrogen) atoms. The molecule has 9 rings (SSSR count). The summed E-state index contributed by atoms with van der Waals surface area (Å²) in [4.78, 5) is 34.8. The Morgan fingerprint density at radius 1 is 1.18 bits per heavy atom. The van der Waals surface area contributed by atoms with E-state index in [2.05, 4.69) is 10.3 Å². The molecule has 6 fully saturated rings. The van der Waals surface area contributed by atoms with Crippen LogP contribution in [0.4, 0.5) is 8.78 Å². The van der Waals surface area contributed by atoms with E-state index in [0.717, 1.165) is 11.8 Å². The number of allylic oxidation sites excluding steroid dienone is 1. The van der Waals surface area contributed by atoms with E-state index in [-0.39, 0.29) is 28.6 Å². The molecule has 1 aliphatic heterocycles. The number of carbonyl (C=O) groups excluding carboxylic acids is 1. The van der Waals surface area contributed by atoms with Crippen molar-refractivity contribution in [3.8, 4) is 0 Å². The number of thiazole rings is 1. The summed E-state index contributed by atoms with van der Waals surface area (Å²) < 4.78 is 34.2. The standard InChI is InChI=1S/C29H26ClF2N3O4S/c1-4-39-25(36)12-21(10-5-6-11(31)20(32)19(10)30)34-23(24-33-7-8-40-24)35-22(12)29-16-13-17(29)15-18(29)14(16)28(13,15)9-27(2,3)26(37)38/h5-8,13-18,21H,4,9H2,1-3H3,(H,34,35)(H,37,38)/t13?,14?,15?,16?,17?,18?,21-,28?,29?/m1/s1. The van der Waals surface area contributed by atoms with Gasteiger partial charge in [-0.3, -0.25) is 9.79 Å². The third-order valence-electron chi connectivity index (χ3n) is 11.1. The number of halogens is 3. The van der Waals surface area contributed by atoms with Gasteiger partial charge in [0.1, 0.15) is 6.04 Å². The number of ether oxygens (including phenoxy) is 1. The Kier molecular flexibility index (Phi) is 4.67. The van der Waals surface area contributed by atoms with Gasteiger partial charge in [0, 0.05) is 28.3 Å². The minimum Gasteiger partial charge on any atom is -0.481 e. The van der Waals surface area contributed by atoms with Crippen LogP contribution in [-0.2, 0) is 14.3 Å². The maximum atomic E-state index is 14.7. The number of hydrogen-bond acceptors (Lipinski definition) is 7. The van der Waals surface area contributed by atoms with Crippen molar-refractivity contribution in [3.63, 3.8) is 0 Å². The van der Waals surface area contributed by atoms with Crippen molar-refractivity contribution >= 4 is 40.7 Å². The lowest BCUT2D eigenvalue weighted by Gasteiger charge is -3.12. The van der Waals surface area contributed by atoms with Crippen molar-refractivity contribution in [1.29, 1.82) is 0 Å². The van der Waals surface area contributed by atoms with Crippen LogP contribution in [-0.4, -0.2) is 34.5 Å². The number of benzene rings is 1. The molecule has 0 spiro atoms. The van der Waals surface area contributed by atoms with Crippen LogP contribution in [0.3, 0.4) is 0 Å². The largest absolute Gasteiger partial charge is 0.481 e. The van der Waals surface area contributed by atoms with E-state index in [1.807, 2.05) is 19.2 Å². The Labute approximate surface area is 237 Å². The molecule has 2 heterocycles. The summed E-state index contributed by atoms with van der Waals surface area (Å²) in [6.45, 7) is 5.48.